The lowest BCUT2D eigenvalue weighted by molar-refractivity contribution is 0.231. The lowest BCUT2D eigenvalue weighted by Gasteiger charge is -2.26. The Morgan fingerprint density at radius 2 is 1.59 bits per heavy atom. The highest BCUT2D eigenvalue weighted by Gasteiger charge is 2.13. The molecule has 4 nitrogen and oxygen atoms in total. The smallest absolute Gasteiger partial charge is 0.227 e. The Morgan fingerprint density at radius 3 is 2.38 bits per heavy atom. The highest BCUT2D eigenvalue weighted by molar-refractivity contribution is 6.42. The number of fused-ring (bicyclic) bond motifs is 3. The summed E-state index contributed by atoms with van der Waals surface area (Å²) in [4.78, 5) is 12.1. The molecule has 6 rings (SSSR count). The van der Waals surface area contributed by atoms with E-state index in [9.17, 15) is 0 Å². The molecule has 186 valence electrons. The van der Waals surface area contributed by atoms with Crippen molar-refractivity contribution in [3.05, 3.63) is 94.6 Å². The SMILES string of the molecule is Clc1ccc(-c2cc3cnc(Nc4ccc(CCN5CCCCC5)cc4)nc3c3ccccc23)cc1Cl. The molecule has 0 amide bonds. The van der Waals surface area contributed by atoms with E-state index in [4.69, 9.17) is 28.2 Å². The minimum absolute atomic E-state index is 0.539. The maximum Gasteiger partial charge on any atom is 0.227 e. The lowest BCUT2D eigenvalue weighted by Crippen LogP contribution is -2.31. The predicted molar refractivity (Wildman–Crippen MR) is 156 cm³/mol. The first-order valence-electron chi connectivity index (χ1n) is 12.9. The lowest BCUT2D eigenvalue weighted by atomic mass is 9.96. The molecule has 2 heterocycles. The molecule has 0 aliphatic carbocycles. The minimum atomic E-state index is 0.539. The Labute approximate surface area is 227 Å². The largest absolute Gasteiger partial charge is 0.324 e. The van der Waals surface area contributed by atoms with Crippen molar-refractivity contribution in [2.45, 2.75) is 25.7 Å². The van der Waals surface area contributed by atoms with Gasteiger partial charge in [-0.15, -0.1) is 0 Å². The molecule has 1 aliphatic heterocycles. The molecule has 0 radical (unpaired) electrons. The molecule has 0 unspecified atom stereocenters. The molecule has 1 fully saturated rings. The van der Waals surface area contributed by atoms with Gasteiger partial charge in [-0.3, -0.25) is 0 Å². The van der Waals surface area contributed by atoms with Crippen LogP contribution in [0.4, 0.5) is 11.6 Å². The zero-order valence-corrected chi connectivity index (χ0v) is 22.1. The summed E-state index contributed by atoms with van der Waals surface area (Å²) in [5.41, 5.74) is 5.34. The molecule has 37 heavy (non-hydrogen) atoms. The van der Waals surface area contributed by atoms with E-state index in [2.05, 4.69) is 57.7 Å². The predicted octanol–water partition coefficient (Wildman–Crippen LogP) is 8.53. The van der Waals surface area contributed by atoms with Crippen molar-refractivity contribution in [3.8, 4) is 11.1 Å². The van der Waals surface area contributed by atoms with Crippen LogP contribution < -0.4 is 5.32 Å². The Balaban J connectivity index is 1.26. The number of aromatic nitrogens is 2. The number of nitrogens with one attached hydrogen (secondary N) is 1. The van der Waals surface area contributed by atoms with Gasteiger partial charge in [-0.25, -0.2) is 9.97 Å². The van der Waals surface area contributed by atoms with Crippen molar-refractivity contribution in [2.75, 3.05) is 25.0 Å². The molecule has 1 aromatic heterocycles. The first-order chi connectivity index (χ1) is 18.1. The second kappa shape index (κ2) is 10.7. The molecule has 4 aromatic carbocycles. The minimum Gasteiger partial charge on any atom is -0.324 e. The normalized spacial score (nSPS) is 14.3. The van der Waals surface area contributed by atoms with Crippen LogP contribution in [0, 0.1) is 0 Å². The van der Waals surface area contributed by atoms with Crippen LogP contribution in [0.25, 0.3) is 32.8 Å². The highest BCUT2D eigenvalue weighted by Crippen LogP contribution is 2.36. The van der Waals surface area contributed by atoms with Gasteiger partial charge >= 0.3 is 0 Å². The molecule has 6 heteroatoms. The quantitative estimate of drug-likeness (QED) is 0.225. The Morgan fingerprint density at radius 1 is 0.811 bits per heavy atom. The van der Waals surface area contributed by atoms with E-state index in [1.54, 1.807) is 0 Å². The van der Waals surface area contributed by atoms with E-state index in [1.807, 2.05) is 36.5 Å². The topological polar surface area (TPSA) is 41.1 Å². The van der Waals surface area contributed by atoms with Crippen molar-refractivity contribution in [3.63, 3.8) is 0 Å². The van der Waals surface area contributed by atoms with Crippen molar-refractivity contribution >= 4 is 56.5 Å². The van der Waals surface area contributed by atoms with Crippen molar-refractivity contribution < 1.29 is 0 Å². The first kappa shape index (κ1) is 24.2. The Hall–Kier alpha value is -3.18. The monoisotopic (exact) mass is 526 g/mol. The average molecular weight is 527 g/mol. The van der Waals surface area contributed by atoms with Crippen LogP contribution in [-0.4, -0.2) is 34.5 Å². The van der Waals surface area contributed by atoms with Gasteiger partial charge in [0.25, 0.3) is 0 Å². The van der Waals surface area contributed by atoms with Gasteiger partial charge in [-0.1, -0.05) is 72.1 Å². The van der Waals surface area contributed by atoms with E-state index in [1.165, 1.54) is 37.9 Å². The second-order valence-electron chi connectivity index (χ2n) is 9.70. The molecule has 1 aliphatic rings. The molecule has 5 aromatic rings. The number of rotatable bonds is 6. The zero-order valence-electron chi connectivity index (χ0n) is 20.6. The van der Waals surface area contributed by atoms with Gasteiger partial charge in [-0.05, 0) is 84.8 Å². The molecule has 0 spiro atoms. The van der Waals surface area contributed by atoms with Gasteiger partial charge in [0.15, 0.2) is 0 Å². The molecule has 1 N–H and O–H groups in total. The average Bonchev–Trinajstić information content (AvgIpc) is 2.94. The maximum atomic E-state index is 6.33. The number of nitrogens with zero attached hydrogens (tertiary/aromatic N) is 3. The van der Waals surface area contributed by atoms with Crippen LogP contribution in [0.2, 0.25) is 10.0 Å². The van der Waals surface area contributed by atoms with E-state index in [0.717, 1.165) is 51.5 Å². The molecule has 0 bridgehead atoms. The number of hydrogen-bond donors (Lipinski definition) is 1. The Kier molecular flexibility index (Phi) is 6.97. The van der Waals surface area contributed by atoms with E-state index >= 15 is 0 Å². The van der Waals surface area contributed by atoms with Crippen LogP contribution in [-0.2, 0) is 6.42 Å². The Bertz CT molecular complexity index is 1560. The number of piperidine rings is 1. The molecular formula is C31H28Cl2N4. The number of hydrogen-bond acceptors (Lipinski definition) is 4. The number of benzene rings is 4. The van der Waals surface area contributed by atoms with Gasteiger partial charge in [0, 0.05) is 29.2 Å². The van der Waals surface area contributed by atoms with E-state index in [0.29, 0.717) is 16.0 Å². The van der Waals surface area contributed by atoms with Crippen LogP contribution in [0.15, 0.2) is 79.0 Å². The van der Waals surface area contributed by atoms with Crippen LogP contribution in [0.1, 0.15) is 24.8 Å². The third kappa shape index (κ3) is 5.28. The van der Waals surface area contributed by atoms with Gasteiger partial charge in [0.2, 0.25) is 5.95 Å². The zero-order chi connectivity index (χ0) is 25.2. The van der Waals surface area contributed by atoms with Gasteiger partial charge in [0.05, 0.1) is 15.6 Å². The molecule has 1 saturated heterocycles. The van der Waals surface area contributed by atoms with Crippen molar-refractivity contribution in [1.82, 2.24) is 14.9 Å². The fourth-order valence-corrected chi connectivity index (χ4v) is 5.49. The standard InChI is InChI=1S/C31H28Cl2N4/c32-28-13-10-22(19-29(28)33)27-18-23-20-34-31(36-30(23)26-7-3-2-6-25(26)27)35-24-11-8-21(9-12-24)14-17-37-15-4-1-5-16-37/h2-3,6-13,18-20H,1,4-5,14-17H2,(H,34,35,36). The van der Waals surface area contributed by atoms with E-state index < -0.39 is 0 Å². The summed E-state index contributed by atoms with van der Waals surface area (Å²) in [6, 6.07) is 24.8. The van der Waals surface area contributed by atoms with Crippen LogP contribution in [0.3, 0.4) is 0 Å². The fourth-order valence-electron chi connectivity index (χ4n) is 5.19. The summed E-state index contributed by atoms with van der Waals surface area (Å²) in [7, 11) is 0. The third-order valence-corrected chi connectivity index (χ3v) is 7.93. The number of anilines is 2. The summed E-state index contributed by atoms with van der Waals surface area (Å²) in [5.74, 6) is 0.584. The van der Waals surface area contributed by atoms with Gasteiger partial charge in [0.1, 0.15) is 0 Å². The second-order valence-corrected chi connectivity index (χ2v) is 10.5. The van der Waals surface area contributed by atoms with Gasteiger partial charge < -0.3 is 10.2 Å². The summed E-state index contributed by atoms with van der Waals surface area (Å²) in [6.45, 7) is 3.61. The maximum absolute atomic E-state index is 6.33. The van der Waals surface area contributed by atoms with E-state index in [-0.39, 0.29) is 0 Å². The van der Waals surface area contributed by atoms with Crippen molar-refractivity contribution in [1.29, 1.82) is 0 Å². The molecule has 0 atom stereocenters. The van der Waals surface area contributed by atoms with Gasteiger partial charge in [-0.2, -0.15) is 0 Å². The third-order valence-electron chi connectivity index (χ3n) is 7.20. The summed E-state index contributed by atoms with van der Waals surface area (Å²) < 4.78 is 0. The van der Waals surface area contributed by atoms with Crippen LogP contribution >= 0.6 is 23.2 Å². The highest BCUT2D eigenvalue weighted by atomic mass is 35.5. The van der Waals surface area contributed by atoms with Crippen molar-refractivity contribution in [2.24, 2.45) is 0 Å². The number of likely N-dealkylation sites (tertiary alicyclic amines) is 1. The molecular weight excluding hydrogens is 499 g/mol. The first-order valence-corrected chi connectivity index (χ1v) is 13.6. The molecule has 0 saturated carbocycles. The summed E-state index contributed by atoms with van der Waals surface area (Å²) in [6.07, 6.45) is 7.01. The fraction of sp³-hybridized carbons (Fsp3) is 0.226. The van der Waals surface area contributed by atoms with Crippen LogP contribution in [0.5, 0.6) is 0 Å². The summed E-state index contributed by atoms with van der Waals surface area (Å²) in [5, 5.41) is 7.62. The summed E-state index contributed by atoms with van der Waals surface area (Å²) >= 11 is 12.5. The number of halogens is 2.